The van der Waals surface area contributed by atoms with Crippen LogP contribution < -0.4 is 16.0 Å². The number of hydrogen-bond donors (Lipinski definition) is 3. The van der Waals surface area contributed by atoms with Crippen LogP contribution in [0.4, 0.5) is 9.18 Å². The molecule has 0 heterocycles. The van der Waals surface area contributed by atoms with Crippen LogP contribution in [0, 0.1) is 17.7 Å². The smallest absolute Gasteiger partial charge is 0.321 e. The van der Waals surface area contributed by atoms with Gasteiger partial charge in [0.25, 0.3) is 5.91 Å². The van der Waals surface area contributed by atoms with Crippen LogP contribution in [0.5, 0.6) is 0 Å². The topological polar surface area (TPSA) is 74.8 Å². The largest absolute Gasteiger partial charge is 0.338 e. The fraction of sp³-hybridized carbons (Fsp3) is 0.529. The van der Waals surface area contributed by atoms with Crippen LogP contribution in [0.1, 0.15) is 39.3 Å². The Kier molecular flexibility index (Phi) is 7.68. The molecule has 128 valence electrons. The molecule has 6 heteroatoms. The lowest BCUT2D eigenvalue weighted by atomic mass is 9.96. The third-order valence-electron chi connectivity index (χ3n) is 3.45. The first-order chi connectivity index (χ1) is 10.8. The van der Waals surface area contributed by atoms with Gasteiger partial charge < -0.3 is 10.6 Å². The van der Waals surface area contributed by atoms with Crippen molar-refractivity contribution in [2.24, 2.45) is 11.8 Å². The molecule has 1 aromatic rings. The van der Waals surface area contributed by atoms with E-state index in [1.807, 2.05) is 33.0 Å². The first-order valence-corrected chi connectivity index (χ1v) is 7.96. The molecule has 5 nitrogen and oxygen atoms in total. The van der Waals surface area contributed by atoms with Gasteiger partial charge in [-0.1, -0.05) is 39.8 Å². The number of urea groups is 1. The number of halogens is 1. The van der Waals surface area contributed by atoms with Gasteiger partial charge in [-0.2, -0.15) is 0 Å². The number of hydrogen-bond acceptors (Lipinski definition) is 2. The Morgan fingerprint density at radius 1 is 1.13 bits per heavy atom. The zero-order valence-electron chi connectivity index (χ0n) is 14.2. The van der Waals surface area contributed by atoms with Crippen molar-refractivity contribution in [3.63, 3.8) is 0 Å². The molecule has 0 spiro atoms. The average Bonchev–Trinajstić information content (AvgIpc) is 2.46. The minimum Gasteiger partial charge on any atom is -0.338 e. The van der Waals surface area contributed by atoms with E-state index >= 15 is 0 Å². The standard InChI is InChI=1S/C17H26FN3O2/c1-11(2)9-20-17(23)21-15(22)10-19-16(12(3)4)13-5-7-14(18)8-6-13/h5-8,11-12,16,19H,9-10H2,1-4H3,(H2,20,21,22,23)/p+1/t16-/m1/s1. The molecule has 0 saturated carbocycles. The Morgan fingerprint density at radius 2 is 1.74 bits per heavy atom. The molecule has 0 radical (unpaired) electrons. The molecule has 1 atom stereocenters. The minimum absolute atomic E-state index is 0.0278. The predicted molar refractivity (Wildman–Crippen MR) is 87.2 cm³/mol. The number of amides is 3. The van der Waals surface area contributed by atoms with Gasteiger partial charge in [0.1, 0.15) is 11.9 Å². The summed E-state index contributed by atoms with van der Waals surface area (Å²) >= 11 is 0. The van der Waals surface area contributed by atoms with Crippen molar-refractivity contribution < 1.29 is 19.3 Å². The summed E-state index contributed by atoms with van der Waals surface area (Å²) in [7, 11) is 0. The van der Waals surface area contributed by atoms with Crippen LogP contribution in [-0.2, 0) is 4.79 Å². The van der Waals surface area contributed by atoms with E-state index in [0.29, 0.717) is 12.5 Å². The van der Waals surface area contributed by atoms with Crippen molar-refractivity contribution in [1.82, 2.24) is 10.6 Å². The van der Waals surface area contributed by atoms with Gasteiger partial charge in [-0.05, 0) is 18.1 Å². The summed E-state index contributed by atoms with van der Waals surface area (Å²) in [5.74, 6) is -0.0379. The number of imide groups is 1. The Morgan fingerprint density at radius 3 is 2.26 bits per heavy atom. The molecule has 0 aromatic heterocycles. The monoisotopic (exact) mass is 324 g/mol. The quantitative estimate of drug-likeness (QED) is 0.712. The van der Waals surface area contributed by atoms with Gasteiger partial charge in [0, 0.05) is 18.0 Å². The highest BCUT2D eigenvalue weighted by Gasteiger charge is 2.21. The van der Waals surface area contributed by atoms with Crippen molar-refractivity contribution in [2.45, 2.75) is 33.7 Å². The van der Waals surface area contributed by atoms with Crippen LogP contribution in [0.3, 0.4) is 0 Å². The second kappa shape index (κ2) is 9.25. The summed E-state index contributed by atoms with van der Waals surface area (Å²) in [6, 6.07) is 5.84. The van der Waals surface area contributed by atoms with Gasteiger partial charge >= 0.3 is 6.03 Å². The highest BCUT2D eigenvalue weighted by molar-refractivity contribution is 5.94. The molecule has 0 saturated heterocycles. The maximum atomic E-state index is 13.0. The summed E-state index contributed by atoms with van der Waals surface area (Å²) in [5, 5.41) is 6.81. The van der Waals surface area contributed by atoms with Crippen LogP contribution >= 0.6 is 0 Å². The summed E-state index contributed by atoms with van der Waals surface area (Å²) in [5.41, 5.74) is 0.957. The van der Waals surface area contributed by atoms with Gasteiger partial charge in [-0.15, -0.1) is 0 Å². The van der Waals surface area contributed by atoms with Crippen LogP contribution in [0.15, 0.2) is 24.3 Å². The maximum absolute atomic E-state index is 13.0. The van der Waals surface area contributed by atoms with Gasteiger partial charge in [-0.25, -0.2) is 9.18 Å². The molecule has 4 N–H and O–H groups in total. The number of carbonyl (C=O) groups is 2. The van der Waals surface area contributed by atoms with Gasteiger partial charge in [0.2, 0.25) is 0 Å². The normalized spacial score (nSPS) is 12.3. The molecular weight excluding hydrogens is 297 g/mol. The lowest BCUT2D eigenvalue weighted by Crippen LogP contribution is -2.88. The number of carbonyl (C=O) groups excluding carboxylic acids is 2. The third-order valence-corrected chi connectivity index (χ3v) is 3.45. The molecule has 0 fully saturated rings. The second-order valence-electron chi connectivity index (χ2n) is 6.41. The Hall–Kier alpha value is -1.95. The minimum atomic E-state index is -0.472. The molecule has 0 bridgehead atoms. The summed E-state index contributed by atoms with van der Waals surface area (Å²) in [4.78, 5) is 23.4. The zero-order chi connectivity index (χ0) is 17.4. The Labute approximate surface area is 137 Å². The molecular formula is C17H27FN3O2+. The average molecular weight is 324 g/mol. The first kappa shape index (κ1) is 19.1. The lowest BCUT2D eigenvalue weighted by Gasteiger charge is -2.19. The van der Waals surface area contributed by atoms with Crippen LogP contribution in [0.2, 0.25) is 0 Å². The van der Waals surface area contributed by atoms with Crippen molar-refractivity contribution in [1.29, 1.82) is 0 Å². The van der Waals surface area contributed by atoms with E-state index in [1.165, 1.54) is 12.1 Å². The molecule has 1 rings (SSSR count). The van der Waals surface area contributed by atoms with E-state index in [4.69, 9.17) is 0 Å². The number of benzene rings is 1. The van der Waals surface area contributed by atoms with E-state index in [2.05, 4.69) is 10.6 Å². The molecule has 3 amide bonds. The van der Waals surface area contributed by atoms with Crippen LogP contribution in [-0.4, -0.2) is 25.0 Å². The highest BCUT2D eigenvalue weighted by atomic mass is 19.1. The third kappa shape index (κ3) is 7.23. The van der Waals surface area contributed by atoms with Gasteiger partial charge in [0.15, 0.2) is 6.54 Å². The summed E-state index contributed by atoms with van der Waals surface area (Å²) in [6.45, 7) is 8.69. The number of nitrogens with one attached hydrogen (secondary N) is 2. The Balaban J connectivity index is 2.50. The predicted octanol–water partition coefficient (Wildman–Crippen LogP) is 1.57. The molecule has 0 aliphatic heterocycles. The van der Waals surface area contributed by atoms with Gasteiger partial charge in [0.05, 0.1) is 0 Å². The second-order valence-corrected chi connectivity index (χ2v) is 6.41. The maximum Gasteiger partial charge on any atom is 0.321 e. The lowest BCUT2D eigenvalue weighted by molar-refractivity contribution is -0.692. The van der Waals surface area contributed by atoms with Crippen LogP contribution in [0.25, 0.3) is 0 Å². The van der Waals surface area contributed by atoms with E-state index in [-0.39, 0.29) is 30.2 Å². The number of rotatable bonds is 7. The molecule has 0 aliphatic carbocycles. The first-order valence-electron chi connectivity index (χ1n) is 7.96. The van der Waals surface area contributed by atoms with Gasteiger partial charge in [-0.3, -0.25) is 10.1 Å². The summed E-state index contributed by atoms with van der Waals surface area (Å²) < 4.78 is 13.0. The fourth-order valence-corrected chi connectivity index (χ4v) is 2.23. The molecule has 23 heavy (non-hydrogen) atoms. The van der Waals surface area contributed by atoms with Crippen molar-refractivity contribution in [3.8, 4) is 0 Å². The van der Waals surface area contributed by atoms with Crippen molar-refractivity contribution >= 4 is 11.9 Å². The van der Waals surface area contributed by atoms with Crippen molar-refractivity contribution in [2.75, 3.05) is 13.1 Å². The van der Waals surface area contributed by atoms with Crippen molar-refractivity contribution in [3.05, 3.63) is 35.6 Å². The molecule has 1 aromatic carbocycles. The fourth-order valence-electron chi connectivity index (χ4n) is 2.23. The molecule has 0 aliphatic rings. The summed E-state index contributed by atoms with van der Waals surface area (Å²) in [6.07, 6.45) is 0. The number of quaternary nitrogens is 1. The highest BCUT2D eigenvalue weighted by Crippen LogP contribution is 2.17. The number of nitrogens with two attached hydrogens (primary N) is 1. The Bertz CT molecular complexity index is 515. The zero-order valence-corrected chi connectivity index (χ0v) is 14.2. The SMILES string of the molecule is CC(C)CNC(=O)NC(=O)C[NH2+][C@@H](c1ccc(F)cc1)C(C)C. The van der Waals surface area contributed by atoms with E-state index in [9.17, 15) is 14.0 Å². The van der Waals surface area contributed by atoms with E-state index < -0.39 is 6.03 Å². The van der Waals surface area contributed by atoms with E-state index in [1.54, 1.807) is 12.1 Å². The van der Waals surface area contributed by atoms with E-state index in [0.717, 1.165) is 5.56 Å². The molecule has 0 unspecified atom stereocenters.